The Morgan fingerprint density at radius 2 is 2.00 bits per heavy atom. The molecule has 152 valence electrons. The van der Waals surface area contributed by atoms with E-state index in [1.165, 1.54) is 18.2 Å². The summed E-state index contributed by atoms with van der Waals surface area (Å²) in [6, 6.07) is 12.2. The smallest absolute Gasteiger partial charge is 0.347 e. The van der Waals surface area contributed by atoms with E-state index in [1.807, 2.05) is 0 Å². The largest absolute Gasteiger partial charge is 0.463 e. The molecule has 0 aromatic heterocycles. The summed E-state index contributed by atoms with van der Waals surface area (Å²) in [5.74, 6) is -1.54. The molecule has 2 aromatic rings. The molecule has 3 rings (SSSR count). The van der Waals surface area contributed by atoms with Crippen LogP contribution < -0.4 is 4.31 Å². The third-order valence-electron chi connectivity index (χ3n) is 4.22. The molecule has 1 aliphatic heterocycles. The van der Waals surface area contributed by atoms with Crippen molar-refractivity contribution in [1.82, 2.24) is 0 Å². The van der Waals surface area contributed by atoms with Crippen LogP contribution in [-0.4, -0.2) is 39.6 Å². The number of halogens is 1. The number of rotatable bonds is 7. The molecule has 0 radical (unpaired) electrons. The van der Waals surface area contributed by atoms with Crippen molar-refractivity contribution in [3.05, 3.63) is 71.8 Å². The van der Waals surface area contributed by atoms with Crippen LogP contribution in [0.15, 0.2) is 66.1 Å². The number of sulfonamides is 1. The molecule has 0 aliphatic carbocycles. The summed E-state index contributed by atoms with van der Waals surface area (Å²) >= 11 is 6.08. The summed E-state index contributed by atoms with van der Waals surface area (Å²) in [5.41, 5.74) is 0.291. The van der Waals surface area contributed by atoms with Crippen LogP contribution in [-0.2, 0) is 24.3 Å². The van der Waals surface area contributed by atoms with Gasteiger partial charge in [0.2, 0.25) is 6.10 Å². The molecule has 0 spiro atoms. The number of hydrogen-bond donors (Lipinski definition) is 0. The fourth-order valence-corrected chi connectivity index (χ4v) is 4.44. The predicted octanol–water partition coefficient (Wildman–Crippen LogP) is 3.19. The van der Waals surface area contributed by atoms with E-state index in [0.717, 1.165) is 10.4 Å². The molecule has 1 fully saturated rings. The van der Waals surface area contributed by atoms with Gasteiger partial charge in [-0.3, -0.25) is 4.31 Å². The lowest BCUT2D eigenvalue weighted by Crippen LogP contribution is -2.31. The number of carbonyl (C=O) groups is 2. The summed E-state index contributed by atoms with van der Waals surface area (Å²) < 4.78 is 37.5. The van der Waals surface area contributed by atoms with Crippen molar-refractivity contribution in [2.45, 2.75) is 17.4 Å². The van der Waals surface area contributed by atoms with E-state index in [9.17, 15) is 18.0 Å². The minimum atomic E-state index is -4.02. The van der Waals surface area contributed by atoms with E-state index >= 15 is 0 Å². The Hall–Kier alpha value is -2.84. The number of ether oxygens (including phenoxy) is 2. The number of benzene rings is 2. The Balaban J connectivity index is 1.95. The summed E-state index contributed by atoms with van der Waals surface area (Å²) in [5, 5.41) is 0.00953. The molecule has 1 heterocycles. The van der Waals surface area contributed by atoms with Gasteiger partial charge in [-0.05, 0) is 30.3 Å². The van der Waals surface area contributed by atoms with Gasteiger partial charge in [-0.15, -0.1) is 6.58 Å². The highest BCUT2D eigenvalue weighted by molar-refractivity contribution is 7.92. The average Bonchev–Trinajstić information content (AvgIpc) is 3.11. The Bertz CT molecular complexity index is 1040. The lowest BCUT2D eigenvalue weighted by atomic mass is 10.2. The monoisotopic (exact) mass is 435 g/mol. The van der Waals surface area contributed by atoms with Gasteiger partial charge in [-0.1, -0.05) is 35.9 Å². The highest BCUT2D eigenvalue weighted by Crippen LogP contribution is 2.27. The first-order valence-electron chi connectivity index (χ1n) is 8.70. The van der Waals surface area contributed by atoms with Crippen LogP contribution in [0.2, 0.25) is 5.02 Å². The zero-order valence-electron chi connectivity index (χ0n) is 15.3. The number of cyclic esters (lactones) is 1. The molecule has 7 nitrogen and oxygen atoms in total. The molecule has 1 aliphatic rings. The van der Waals surface area contributed by atoms with Crippen LogP contribution in [0.25, 0.3) is 0 Å². The summed E-state index contributed by atoms with van der Waals surface area (Å²) in [7, 11) is -4.02. The lowest BCUT2D eigenvalue weighted by molar-refractivity contribution is -0.145. The average molecular weight is 436 g/mol. The predicted molar refractivity (Wildman–Crippen MR) is 107 cm³/mol. The summed E-state index contributed by atoms with van der Waals surface area (Å²) in [6.07, 6.45) is 0.670. The van der Waals surface area contributed by atoms with Crippen molar-refractivity contribution in [2.75, 3.05) is 17.5 Å². The second-order valence-corrected chi connectivity index (χ2v) is 8.42. The number of esters is 2. The van der Waals surface area contributed by atoms with Gasteiger partial charge in [0.1, 0.15) is 0 Å². The molecule has 1 atom stereocenters. The van der Waals surface area contributed by atoms with Gasteiger partial charge in [0.05, 0.1) is 34.3 Å². The quantitative estimate of drug-likeness (QED) is 0.490. The van der Waals surface area contributed by atoms with Crippen LogP contribution >= 0.6 is 11.6 Å². The standard InChI is InChI=1S/C20H18ClNO6S/c1-2-11-22(14-6-4-3-5-7-14)29(25,26)15-8-9-17(21)16(13-15)19(23)28-18-10-12-27-20(18)24/h2-9,13,18H,1,10-12H2/t18-/m1/s1. The van der Waals surface area contributed by atoms with Crippen LogP contribution in [0, 0.1) is 0 Å². The highest BCUT2D eigenvalue weighted by Gasteiger charge is 2.32. The maximum Gasteiger partial charge on any atom is 0.347 e. The fourth-order valence-electron chi connectivity index (χ4n) is 2.78. The van der Waals surface area contributed by atoms with Crippen molar-refractivity contribution in [3.8, 4) is 0 Å². The Labute approximate surface area is 173 Å². The zero-order valence-corrected chi connectivity index (χ0v) is 16.9. The first-order chi connectivity index (χ1) is 13.8. The molecular formula is C20H18ClNO6S. The van der Waals surface area contributed by atoms with Crippen molar-refractivity contribution in [1.29, 1.82) is 0 Å². The fraction of sp³-hybridized carbons (Fsp3) is 0.200. The SMILES string of the molecule is C=CCN(c1ccccc1)S(=O)(=O)c1ccc(Cl)c(C(=O)O[C@@H]2CCOC2=O)c1. The number of anilines is 1. The second-order valence-electron chi connectivity index (χ2n) is 6.15. The second kappa shape index (κ2) is 8.67. The van der Waals surface area contributed by atoms with Crippen LogP contribution in [0.5, 0.6) is 0 Å². The molecular weight excluding hydrogens is 418 g/mol. The first kappa shape index (κ1) is 20.9. The molecule has 0 unspecified atom stereocenters. The van der Waals surface area contributed by atoms with Gasteiger partial charge in [0.25, 0.3) is 10.0 Å². The lowest BCUT2D eigenvalue weighted by Gasteiger charge is -2.23. The molecule has 1 saturated heterocycles. The highest BCUT2D eigenvalue weighted by atomic mass is 35.5. The van der Waals surface area contributed by atoms with E-state index in [-0.39, 0.29) is 35.1 Å². The van der Waals surface area contributed by atoms with E-state index in [0.29, 0.717) is 5.69 Å². The van der Waals surface area contributed by atoms with Crippen molar-refractivity contribution in [2.24, 2.45) is 0 Å². The molecule has 0 saturated carbocycles. The Kier molecular flexibility index (Phi) is 6.24. The Morgan fingerprint density at radius 3 is 2.62 bits per heavy atom. The van der Waals surface area contributed by atoms with Gasteiger partial charge in [0.15, 0.2) is 0 Å². The topological polar surface area (TPSA) is 90.0 Å². The molecule has 0 N–H and O–H groups in total. The van der Waals surface area contributed by atoms with Gasteiger partial charge in [-0.25, -0.2) is 18.0 Å². The number of hydrogen-bond acceptors (Lipinski definition) is 6. The molecule has 9 heteroatoms. The van der Waals surface area contributed by atoms with Crippen LogP contribution in [0.4, 0.5) is 5.69 Å². The Morgan fingerprint density at radius 1 is 1.28 bits per heavy atom. The molecule has 29 heavy (non-hydrogen) atoms. The minimum absolute atomic E-state index is 0.00953. The van der Waals surface area contributed by atoms with E-state index in [2.05, 4.69) is 6.58 Å². The van der Waals surface area contributed by atoms with Crippen molar-refractivity contribution < 1.29 is 27.5 Å². The normalized spacial score (nSPS) is 16.2. The van der Waals surface area contributed by atoms with Crippen LogP contribution in [0.3, 0.4) is 0 Å². The number of nitrogens with zero attached hydrogens (tertiary/aromatic N) is 1. The van der Waals surface area contributed by atoms with Crippen LogP contribution in [0.1, 0.15) is 16.8 Å². The maximum absolute atomic E-state index is 13.2. The third-order valence-corrected chi connectivity index (χ3v) is 6.34. The minimum Gasteiger partial charge on any atom is -0.463 e. The van der Waals surface area contributed by atoms with E-state index in [1.54, 1.807) is 30.3 Å². The molecule has 0 amide bonds. The van der Waals surface area contributed by atoms with E-state index < -0.39 is 28.1 Å². The number of carbonyl (C=O) groups excluding carboxylic acids is 2. The van der Waals surface area contributed by atoms with Gasteiger partial charge in [0, 0.05) is 6.42 Å². The van der Waals surface area contributed by atoms with Crippen molar-refractivity contribution >= 4 is 39.3 Å². The zero-order chi connectivity index (χ0) is 21.0. The number of para-hydroxylation sites is 1. The van der Waals surface area contributed by atoms with Gasteiger partial charge >= 0.3 is 11.9 Å². The molecule has 0 bridgehead atoms. The van der Waals surface area contributed by atoms with Crippen molar-refractivity contribution in [3.63, 3.8) is 0 Å². The van der Waals surface area contributed by atoms with Gasteiger partial charge in [-0.2, -0.15) is 0 Å². The molecule has 2 aromatic carbocycles. The maximum atomic E-state index is 13.2. The van der Waals surface area contributed by atoms with Gasteiger partial charge < -0.3 is 9.47 Å². The van der Waals surface area contributed by atoms with E-state index in [4.69, 9.17) is 21.1 Å². The first-order valence-corrected chi connectivity index (χ1v) is 10.5. The summed E-state index contributed by atoms with van der Waals surface area (Å²) in [4.78, 5) is 23.9. The third kappa shape index (κ3) is 4.44. The summed E-state index contributed by atoms with van der Waals surface area (Å²) in [6.45, 7) is 3.80.